The Kier molecular flexibility index (Phi) is 2.06. The molecule has 4 saturated carbocycles. The smallest absolute Gasteiger partial charge is 0.302 e. The Morgan fingerprint density at radius 3 is 2.67 bits per heavy atom. The normalized spacial score (nSPS) is 51.9. The zero-order valence-electron chi connectivity index (χ0n) is 9.06. The Morgan fingerprint density at radius 2 is 1.93 bits per heavy atom. The maximum atomic E-state index is 11.0. The Labute approximate surface area is 89.8 Å². The van der Waals surface area contributed by atoms with Gasteiger partial charge in [-0.1, -0.05) is 0 Å². The van der Waals surface area contributed by atoms with Crippen molar-refractivity contribution in [3.63, 3.8) is 0 Å². The Bertz CT molecular complexity index is 289. The fraction of sp³-hybridized carbons (Fsp3) is 0.917. The molecule has 4 bridgehead atoms. The first-order chi connectivity index (χ1) is 7.15. The van der Waals surface area contributed by atoms with Gasteiger partial charge in [-0.2, -0.15) is 0 Å². The molecule has 4 aliphatic rings. The van der Waals surface area contributed by atoms with Gasteiger partial charge in [0, 0.05) is 12.8 Å². The number of aliphatic hydroxyl groups is 1. The molecule has 4 fully saturated rings. The van der Waals surface area contributed by atoms with Crippen molar-refractivity contribution >= 4 is 5.97 Å². The average Bonchev–Trinajstić information content (AvgIpc) is 2.18. The second-order valence-corrected chi connectivity index (χ2v) is 5.56. The number of esters is 1. The minimum atomic E-state index is -0.220. The first kappa shape index (κ1) is 9.64. The molecule has 0 spiro atoms. The van der Waals surface area contributed by atoms with Gasteiger partial charge >= 0.3 is 5.97 Å². The number of carbonyl (C=O) groups excluding carboxylic acids is 1. The highest BCUT2D eigenvalue weighted by atomic mass is 16.5. The fourth-order valence-corrected chi connectivity index (χ4v) is 4.20. The SMILES string of the molecule is CC(=O)OC1C2CC3CC(C2)C(O)C1C3. The standard InChI is InChI=1S/C12H18O3/c1-6(13)15-12-9-3-7-2-8(5-9)11(14)10(12)4-7/h7-12,14H,2-5H2,1H3. The topological polar surface area (TPSA) is 46.5 Å². The monoisotopic (exact) mass is 210 g/mol. The van der Waals surface area contributed by atoms with Gasteiger partial charge < -0.3 is 9.84 Å². The second-order valence-electron chi connectivity index (χ2n) is 5.56. The third-order valence-corrected chi connectivity index (χ3v) is 4.59. The van der Waals surface area contributed by atoms with Crippen LogP contribution < -0.4 is 0 Å². The summed E-state index contributed by atoms with van der Waals surface area (Å²) in [6, 6.07) is 0. The summed E-state index contributed by atoms with van der Waals surface area (Å²) in [4.78, 5) is 11.0. The average molecular weight is 210 g/mol. The van der Waals surface area contributed by atoms with Gasteiger partial charge in [-0.25, -0.2) is 0 Å². The summed E-state index contributed by atoms with van der Waals surface area (Å²) in [5.41, 5.74) is 0. The van der Waals surface area contributed by atoms with Crippen LogP contribution in [0.4, 0.5) is 0 Å². The van der Waals surface area contributed by atoms with E-state index in [2.05, 4.69) is 0 Å². The first-order valence-electron chi connectivity index (χ1n) is 6.00. The number of aliphatic hydroxyl groups excluding tert-OH is 1. The summed E-state index contributed by atoms with van der Waals surface area (Å²) >= 11 is 0. The zero-order valence-corrected chi connectivity index (χ0v) is 9.06. The van der Waals surface area contributed by atoms with Crippen molar-refractivity contribution in [2.24, 2.45) is 23.7 Å². The third kappa shape index (κ3) is 1.40. The maximum Gasteiger partial charge on any atom is 0.302 e. The second kappa shape index (κ2) is 3.21. The lowest BCUT2D eigenvalue weighted by atomic mass is 9.53. The molecule has 15 heavy (non-hydrogen) atoms. The van der Waals surface area contributed by atoms with Crippen molar-refractivity contribution in [1.82, 2.24) is 0 Å². The highest BCUT2D eigenvalue weighted by Gasteiger charge is 2.54. The summed E-state index contributed by atoms with van der Waals surface area (Å²) < 4.78 is 5.40. The lowest BCUT2D eigenvalue weighted by Crippen LogP contribution is -2.57. The van der Waals surface area contributed by atoms with Gasteiger partial charge in [-0.3, -0.25) is 4.79 Å². The number of ether oxygens (including phenoxy) is 1. The summed E-state index contributed by atoms with van der Waals surface area (Å²) in [6.07, 6.45) is 4.31. The molecule has 0 saturated heterocycles. The van der Waals surface area contributed by atoms with E-state index in [9.17, 15) is 9.90 Å². The van der Waals surface area contributed by atoms with E-state index in [-0.39, 0.29) is 24.1 Å². The van der Waals surface area contributed by atoms with Crippen LogP contribution in [0.1, 0.15) is 32.6 Å². The van der Waals surface area contributed by atoms with Crippen LogP contribution in [-0.4, -0.2) is 23.3 Å². The zero-order chi connectivity index (χ0) is 10.6. The molecule has 0 aromatic heterocycles. The van der Waals surface area contributed by atoms with Gasteiger partial charge in [0.2, 0.25) is 0 Å². The van der Waals surface area contributed by atoms with E-state index in [4.69, 9.17) is 4.74 Å². The molecule has 0 heterocycles. The van der Waals surface area contributed by atoms with Gasteiger partial charge in [0.1, 0.15) is 6.10 Å². The molecular weight excluding hydrogens is 192 g/mol. The maximum absolute atomic E-state index is 11.0. The van der Waals surface area contributed by atoms with Crippen LogP contribution in [0.5, 0.6) is 0 Å². The van der Waals surface area contributed by atoms with Crippen LogP contribution in [-0.2, 0) is 9.53 Å². The molecule has 3 heteroatoms. The highest BCUT2D eigenvalue weighted by Crippen LogP contribution is 2.54. The third-order valence-electron chi connectivity index (χ3n) is 4.59. The number of rotatable bonds is 1. The molecular formula is C12H18O3. The summed E-state index contributed by atoms with van der Waals surface area (Å²) in [6.45, 7) is 1.47. The van der Waals surface area contributed by atoms with Crippen molar-refractivity contribution in [1.29, 1.82) is 0 Å². The molecule has 4 rings (SSSR count). The molecule has 1 N–H and O–H groups in total. The van der Waals surface area contributed by atoms with Gasteiger partial charge in [-0.05, 0) is 43.4 Å². The van der Waals surface area contributed by atoms with Crippen LogP contribution in [0.3, 0.4) is 0 Å². The van der Waals surface area contributed by atoms with Crippen LogP contribution >= 0.6 is 0 Å². The van der Waals surface area contributed by atoms with E-state index in [0.717, 1.165) is 18.8 Å². The molecule has 4 aliphatic carbocycles. The van der Waals surface area contributed by atoms with E-state index in [1.165, 1.54) is 19.8 Å². The molecule has 0 aromatic rings. The van der Waals surface area contributed by atoms with E-state index >= 15 is 0 Å². The van der Waals surface area contributed by atoms with Crippen molar-refractivity contribution < 1.29 is 14.6 Å². The molecule has 6 atom stereocenters. The van der Waals surface area contributed by atoms with Crippen LogP contribution in [0.15, 0.2) is 0 Å². The summed E-state index contributed by atoms with van der Waals surface area (Å²) in [5.74, 6) is 1.83. The molecule has 84 valence electrons. The Balaban J connectivity index is 1.82. The quantitative estimate of drug-likeness (QED) is 0.664. The Hall–Kier alpha value is -0.570. The van der Waals surface area contributed by atoms with E-state index in [0.29, 0.717) is 11.8 Å². The summed E-state index contributed by atoms with van der Waals surface area (Å²) in [7, 11) is 0. The fourth-order valence-electron chi connectivity index (χ4n) is 4.20. The number of hydrogen-bond donors (Lipinski definition) is 1. The van der Waals surface area contributed by atoms with E-state index in [1.807, 2.05) is 0 Å². The molecule has 6 unspecified atom stereocenters. The Morgan fingerprint density at radius 1 is 1.20 bits per heavy atom. The van der Waals surface area contributed by atoms with Crippen molar-refractivity contribution in [2.75, 3.05) is 0 Å². The van der Waals surface area contributed by atoms with Gasteiger partial charge in [0.05, 0.1) is 6.10 Å². The van der Waals surface area contributed by atoms with Crippen molar-refractivity contribution in [2.45, 2.75) is 44.8 Å². The predicted molar refractivity (Wildman–Crippen MR) is 54.0 cm³/mol. The number of hydrogen-bond acceptors (Lipinski definition) is 3. The number of carbonyl (C=O) groups is 1. The minimum Gasteiger partial charge on any atom is -0.462 e. The van der Waals surface area contributed by atoms with Gasteiger partial charge in [0.15, 0.2) is 0 Å². The van der Waals surface area contributed by atoms with E-state index < -0.39 is 0 Å². The molecule has 0 radical (unpaired) electrons. The van der Waals surface area contributed by atoms with Gasteiger partial charge in [-0.15, -0.1) is 0 Å². The molecule has 0 aromatic carbocycles. The molecule has 0 aliphatic heterocycles. The van der Waals surface area contributed by atoms with Crippen LogP contribution in [0, 0.1) is 23.7 Å². The predicted octanol–water partition coefficient (Wildman–Crippen LogP) is 1.34. The van der Waals surface area contributed by atoms with E-state index in [1.54, 1.807) is 0 Å². The van der Waals surface area contributed by atoms with Gasteiger partial charge in [0.25, 0.3) is 0 Å². The van der Waals surface area contributed by atoms with Crippen LogP contribution in [0.2, 0.25) is 0 Å². The van der Waals surface area contributed by atoms with Crippen LogP contribution in [0.25, 0.3) is 0 Å². The van der Waals surface area contributed by atoms with Crippen molar-refractivity contribution in [3.05, 3.63) is 0 Å². The first-order valence-corrected chi connectivity index (χ1v) is 6.00. The highest BCUT2D eigenvalue weighted by molar-refractivity contribution is 5.66. The van der Waals surface area contributed by atoms with Crippen molar-refractivity contribution in [3.8, 4) is 0 Å². The minimum absolute atomic E-state index is 0.00491. The summed E-state index contributed by atoms with van der Waals surface area (Å²) in [5, 5.41) is 10.1. The molecule has 0 amide bonds. The lowest BCUT2D eigenvalue weighted by Gasteiger charge is -2.55. The lowest BCUT2D eigenvalue weighted by molar-refractivity contribution is -0.190. The largest absolute Gasteiger partial charge is 0.462 e. The molecule has 3 nitrogen and oxygen atoms in total.